The number of fused-ring (bicyclic) bond motifs is 1. The number of nitrogens with one attached hydrogen (secondary N) is 1. The second-order valence-electron chi connectivity index (χ2n) is 4.83. The van der Waals surface area contributed by atoms with Crippen molar-refractivity contribution in [1.29, 1.82) is 0 Å². The molecule has 2 aromatic rings. The Bertz CT molecular complexity index is 524. The topological polar surface area (TPSA) is 32.3 Å². The highest BCUT2D eigenvalue weighted by Crippen LogP contribution is 2.26. The van der Waals surface area contributed by atoms with E-state index < -0.39 is 0 Å². The summed E-state index contributed by atoms with van der Waals surface area (Å²) in [6.45, 7) is 3.40. The molecule has 0 heterocycles. The van der Waals surface area contributed by atoms with E-state index in [1.165, 1.54) is 16.3 Å². The Hall–Kier alpha value is -1.03. The number of rotatable bonds is 8. The largest absolute Gasteiger partial charge is 0.396 e. The Morgan fingerprint density at radius 2 is 1.95 bits per heavy atom. The molecule has 2 aromatic carbocycles. The van der Waals surface area contributed by atoms with Crippen LogP contribution in [0.1, 0.15) is 24.9 Å². The maximum absolute atomic E-state index is 8.86. The van der Waals surface area contributed by atoms with Gasteiger partial charge in [0, 0.05) is 18.4 Å². The molecule has 0 aliphatic carbocycles. The van der Waals surface area contributed by atoms with Gasteiger partial charge in [-0.25, -0.2) is 0 Å². The van der Waals surface area contributed by atoms with Crippen molar-refractivity contribution in [1.82, 2.24) is 5.32 Å². The van der Waals surface area contributed by atoms with Crippen molar-refractivity contribution in [3.05, 3.63) is 48.0 Å². The molecule has 0 spiro atoms. The Morgan fingerprint density at radius 3 is 2.75 bits per heavy atom. The lowest BCUT2D eigenvalue weighted by atomic mass is 9.99. The van der Waals surface area contributed by atoms with E-state index in [0.29, 0.717) is 6.04 Å². The van der Waals surface area contributed by atoms with E-state index in [4.69, 9.17) is 5.11 Å². The molecule has 0 aliphatic rings. The lowest BCUT2D eigenvalue weighted by Gasteiger charge is -2.20. The zero-order chi connectivity index (χ0) is 14.2. The summed E-state index contributed by atoms with van der Waals surface area (Å²) in [5.41, 5.74) is 1.38. The van der Waals surface area contributed by atoms with Crippen LogP contribution in [0.3, 0.4) is 0 Å². The third-order valence-corrected chi connectivity index (χ3v) is 4.53. The van der Waals surface area contributed by atoms with Gasteiger partial charge in [0.25, 0.3) is 0 Å². The molecule has 0 aliphatic heterocycles. The Morgan fingerprint density at radius 1 is 1.15 bits per heavy atom. The van der Waals surface area contributed by atoms with E-state index >= 15 is 0 Å². The fourth-order valence-electron chi connectivity index (χ4n) is 2.43. The van der Waals surface area contributed by atoms with Gasteiger partial charge in [-0.05, 0) is 35.1 Å². The zero-order valence-corrected chi connectivity index (χ0v) is 12.8. The summed E-state index contributed by atoms with van der Waals surface area (Å²) in [5, 5.41) is 15.1. The standard InChI is InChI=1S/C17H23NOS/c1-2-18-17(13-20-12-6-11-19)16-10-5-8-14-7-3-4-9-15(14)16/h3-5,7-10,17-19H,2,6,11-13H2,1H3. The van der Waals surface area contributed by atoms with Crippen LogP contribution in [0.15, 0.2) is 42.5 Å². The van der Waals surface area contributed by atoms with Crippen LogP contribution in [0.2, 0.25) is 0 Å². The average molecular weight is 289 g/mol. The molecule has 0 bridgehead atoms. The van der Waals surface area contributed by atoms with Crippen LogP contribution in [0.5, 0.6) is 0 Å². The maximum atomic E-state index is 8.86. The average Bonchev–Trinajstić information content (AvgIpc) is 2.50. The van der Waals surface area contributed by atoms with E-state index in [0.717, 1.165) is 24.5 Å². The number of thioether (sulfide) groups is 1. The van der Waals surface area contributed by atoms with Gasteiger partial charge in [-0.3, -0.25) is 0 Å². The monoisotopic (exact) mass is 289 g/mol. The van der Waals surface area contributed by atoms with Crippen LogP contribution in [0, 0.1) is 0 Å². The van der Waals surface area contributed by atoms with Crippen LogP contribution in [-0.2, 0) is 0 Å². The lowest BCUT2D eigenvalue weighted by Crippen LogP contribution is -2.23. The highest BCUT2D eigenvalue weighted by Gasteiger charge is 2.12. The van der Waals surface area contributed by atoms with Gasteiger partial charge in [-0.1, -0.05) is 49.4 Å². The first-order valence-electron chi connectivity index (χ1n) is 7.26. The van der Waals surface area contributed by atoms with Gasteiger partial charge in [0.15, 0.2) is 0 Å². The van der Waals surface area contributed by atoms with Gasteiger partial charge in [-0.15, -0.1) is 0 Å². The summed E-state index contributed by atoms with van der Waals surface area (Å²) >= 11 is 1.91. The fourth-order valence-corrected chi connectivity index (χ4v) is 3.46. The van der Waals surface area contributed by atoms with Gasteiger partial charge in [0.2, 0.25) is 0 Å². The Labute approximate surface area is 125 Å². The molecular weight excluding hydrogens is 266 g/mol. The van der Waals surface area contributed by atoms with Crippen molar-refractivity contribution in [2.45, 2.75) is 19.4 Å². The molecule has 0 fully saturated rings. The Balaban J connectivity index is 2.18. The molecule has 2 nitrogen and oxygen atoms in total. The normalized spacial score (nSPS) is 12.7. The fraction of sp³-hybridized carbons (Fsp3) is 0.412. The summed E-state index contributed by atoms with van der Waals surface area (Å²) in [6, 6.07) is 15.5. The van der Waals surface area contributed by atoms with Crippen molar-refractivity contribution < 1.29 is 5.11 Å². The third kappa shape index (κ3) is 3.98. The van der Waals surface area contributed by atoms with Gasteiger partial charge in [0.1, 0.15) is 0 Å². The van der Waals surface area contributed by atoms with Crippen LogP contribution in [0.4, 0.5) is 0 Å². The molecule has 1 atom stereocenters. The molecule has 2 N–H and O–H groups in total. The summed E-state index contributed by atoms with van der Waals surface area (Å²) in [6.07, 6.45) is 0.874. The minimum Gasteiger partial charge on any atom is -0.396 e. The lowest BCUT2D eigenvalue weighted by molar-refractivity contribution is 0.296. The van der Waals surface area contributed by atoms with E-state index in [2.05, 4.69) is 54.7 Å². The number of hydrogen-bond donors (Lipinski definition) is 2. The van der Waals surface area contributed by atoms with Crippen LogP contribution >= 0.6 is 11.8 Å². The predicted octanol–water partition coefficient (Wildman–Crippen LogP) is 3.61. The van der Waals surface area contributed by atoms with Crippen molar-refractivity contribution in [2.75, 3.05) is 24.7 Å². The second-order valence-corrected chi connectivity index (χ2v) is 5.98. The number of aliphatic hydroxyl groups excluding tert-OH is 1. The van der Waals surface area contributed by atoms with Crippen LogP contribution < -0.4 is 5.32 Å². The van der Waals surface area contributed by atoms with E-state index in [9.17, 15) is 0 Å². The summed E-state index contributed by atoms with van der Waals surface area (Å²) < 4.78 is 0. The zero-order valence-electron chi connectivity index (χ0n) is 12.0. The van der Waals surface area contributed by atoms with E-state index in [-0.39, 0.29) is 6.61 Å². The van der Waals surface area contributed by atoms with Crippen LogP contribution in [0.25, 0.3) is 10.8 Å². The summed E-state index contributed by atoms with van der Waals surface area (Å²) in [5.74, 6) is 2.06. The molecule has 0 saturated heterocycles. The first kappa shape index (κ1) is 15.4. The molecule has 20 heavy (non-hydrogen) atoms. The highest BCUT2D eigenvalue weighted by molar-refractivity contribution is 7.99. The van der Waals surface area contributed by atoms with Crippen molar-refractivity contribution >= 4 is 22.5 Å². The van der Waals surface area contributed by atoms with E-state index in [1.807, 2.05) is 11.8 Å². The minimum absolute atomic E-state index is 0.285. The van der Waals surface area contributed by atoms with Crippen molar-refractivity contribution in [3.63, 3.8) is 0 Å². The van der Waals surface area contributed by atoms with Gasteiger partial charge < -0.3 is 10.4 Å². The molecule has 1 unspecified atom stereocenters. The van der Waals surface area contributed by atoms with Crippen molar-refractivity contribution in [2.24, 2.45) is 0 Å². The first-order chi connectivity index (χ1) is 9.86. The first-order valence-corrected chi connectivity index (χ1v) is 8.42. The Kier molecular flexibility index (Phi) is 6.37. The number of aliphatic hydroxyl groups is 1. The number of hydrogen-bond acceptors (Lipinski definition) is 3. The predicted molar refractivity (Wildman–Crippen MR) is 89.4 cm³/mol. The highest BCUT2D eigenvalue weighted by atomic mass is 32.2. The molecular formula is C17H23NOS. The quantitative estimate of drug-likeness (QED) is 0.728. The second kappa shape index (κ2) is 8.30. The third-order valence-electron chi connectivity index (χ3n) is 3.38. The smallest absolute Gasteiger partial charge is 0.0438 e. The maximum Gasteiger partial charge on any atom is 0.0438 e. The SMILES string of the molecule is CCNC(CSCCCO)c1cccc2ccccc12. The minimum atomic E-state index is 0.285. The van der Waals surface area contributed by atoms with Crippen LogP contribution in [-0.4, -0.2) is 29.8 Å². The molecule has 0 radical (unpaired) electrons. The van der Waals surface area contributed by atoms with Gasteiger partial charge in [-0.2, -0.15) is 11.8 Å². The summed E-state index contributed by atoms with van der Waals surface area (Å²) in [4.78, 5) is 0. The molecule has 2 rings (SSSR count). The van der Waals surface area contributed by atoms with E-state index in [1.54, 1.807) is 0 Å². The summed E-state index contributed by atoms with van der Waals surface area (Å²) in [7, 11) is 0. The van der Waals surface area contributed by atoms with Crippen molar-refractivity contribution in [3.8, 4) is 0 Å². The van der Waals surface area contributed by atoms with Gasteiger partial charge in [0.05, 0.1) is 0 Å². The molecule has 0 amide bonds. The van der Waals surface area contributed by atoms with Gasteiger partial charge >= 0.3 is 0 Å². The molecule has 108 valence electrons. The molecule has 0 aromatic heterocycles. The number of benzene rings is 2. The molecule has 3 heteroatoms. The molecule has 0 saturated carbocycles.